The fraction of sp³-hybridized carbons (Fsp3) is 0.0189. The summed E-state index contributed by atoms with van der Waals surface area (Å²) < 4.78 is 0. The Morgan fingerprint density at radius 1 is 0.245 bits per heavy atom. The lowest BCUT2D eigenvalue weighted by molar-refractivity contribution is 0.794. The van der Waals surface area contributed by atoms with Gasteiger partial charge in [-0.2, -0.15) is 0 Å². The molecule has 0 bridgehead atoms. The van der Waals surface area contributed by atoms with Crippen molar-refractivity contribution in [3.8, 4) is 44.5 Å². The molecule has 244 valence electrons. The lowest BCUT2D eigenvalue weighted by Crippen LogP contribution is -2.25. The van der Waals surface area contributed by atoms with Crippen LogP contribution >= 0.6 is 0 Å². The Bertz CT molecular complexity index is 3060. The van der Waals surface area contributed by atoms with E-state index in [1.807, 2.05) is 0 Å². The number of rotatable bonds is 2. The van der Waals surface area contributed by atoms with Gasteiger partial charge in [0.25, 0.3) is 0 Å². The predicted octanol–water partition coefficient (Wildman–Crippen LogP) is 14.0. The van der Waals surface area contributed by atoms with Gasteiger partial charge in [-0.25, -0.2) is 0 Å². The molecule has 0 N–H and O–H groups in total. The highest BCUT2D eigenvalue weighted by Gasteiger charge is 2.51. The summed E-state index contributed by atoms with van der Waals surface area (Å²) in [5.41, 5.74) is 15.5. The molecule has 10 aromatic carbocycles. The van der Waals surface area contributed by atoms with E-state index in [1.54, 1.807) is 0 Å². The minimum atomic E-state index is -0.380. The zero-order chi connectivity index (χ0) is 34.7. The molecule has 0 radical (unpaired) electrons. The Balaban J connectivity index is 1.16. The third kappa shape index (κ3) is 3.75. The van der Waals surface area contributed by atoms with E-state index in [2.05, 4.69) is 194 Å². The molecule has 0 nitrogen and oxygen atoms in total. The van der Waals surface area contributed by atoms with Crippen LogP contribution in [0.4, 0.5) is 0 Å². The summed E-state index contributed by atoms with van der Waals surface area (Å²) in [6.45, 7) is 0. The van der Waals surface area contributed by atoms with Crippen molar-refractivity contribution in [2.45, 2.75) is 5.41 Å². The summed E-state index contributed by atoms with van der Waals surface area (Å²) in [5.74, 6) is 0. The molecule has 2 aliphatic carbocycles. The second-order valence-corrected chi connectivity index (χ2v) is 14.7. The second kappa shape index (κ2) is 10.6. The molecule has 0 heterocycles. The molecule has 53 heavy (non-hydrogen) atoms. The van der Waals surface area contributed by atoms with E-state index in [4.69, 9.17) is 0 Å². The van der Waals surface area contributed by atoms with E-state index in [1.165, 1.54) is 110 Å². The zero-order valence-corrected chi connectivity index (χ0v) is 29.0. The van der Waals surface area contributed by atoms with Crippen molar-refractivity contribution in [2.75, 3.05) is 0 Å². The maximum atomic E-state index is 2.53. The van der Waals surface area contributed by atoms with Crippen LogP contribution in [0.15, 0.2) is 194 Å². The number of hydrogen-bond donors (Lipinski definition) is 0. The molecular weight excluding hydrogens is 637 g/mol. The quantitative estimate of drug-likeness (QED) is 0.127. The predicted molar refractivity (Wildman–Crippen MR) is 224 cm³/mol. The molecular formula is C53H32. The van der Waals surface area contributed by atoms with Crippen molar-refractivity contribution >= 4 is 43.1 Å². The van der Waals surface area contributed by atoms with Crippen molar-refractivity contribution < 1.29 is 0 Å². The Morgan fingerprint density at radius 2 is 0.623 bits per heavy atom. The van der Waals surface area contributed by atoms with Gasteiger partial charge in [0.2, 0.25) is 0 Å². The Labute approximate surface area is 308 Å². The summed E-state index contributed by atoms with van der Waals surface area (Å²) in [7, 11) is 0. The molecule has 0 fully saturated rings. The fourth-order valence-electron chi connectivity index (χ4n) is 10.2. The molecule has 1 spiro atoms. The summed E-state index contributed by atoms with van der Waals surface area (Å²) in [5, 5.41) is 10.2. The van der Waals surface area contributed by atoms with Crippen LogP contribution in [-0.4, -0.2) is 0 Å². The molecule has 12 rings (SSSR count). The molecule has 10 aromatic rings. The van der Waals surface area contributed by atoms with Crippen LogP contribution in [0.2, 0.25) is 0 Å². The number of hydrogen-bond acceptors (Lipinski definition) is 0. The number of fused-ring (bicyclic) bond motifs is 15. The second-order valence-electron chi connectivity index (χ2n) is 14.7. The Morgan fingerprint density at radius 3 is 1.17 bits per heavy atom. The third-order valence-corrected chi connectivity index (χ3v) is 12.3. The minimum absolute atomic E-state index is 0.380. The van der Waals surface area contributed by atoms with E-state index >= 15 is 0 Å². The summed E-state index contributed by atoms with van der Waals surface area (Å²) in [6.07, 6.45) is 0. The molecule has 0 atom stereocenters. The summed E-state index contributed by atoms with van der Waals surface area (Å²) >= 11 is 0. The first-order valence-corrected chi connectivity index (χ1v) is 18.6. The van der Waals surface area contributed by atoms with Gasteiger partial charge < -0.3 is 0 Å². The first-order valence-electron chi connectivity index (χ1n) is 18.6. The normalized spacial score (nSPS) is 13.4. The van der Waals surface area contributed by atoms with Crippen LogP contribution in [0.3, 0.4) is 0 Å². The van der Waals surface area contributed by atoms with E-state index in [0.29, 0.717) is 0 Å². The van der Waals surface area contributed by atoms with E-state index in [9.17, 15) is 0 Å². The van der Waals surface area contributed by atoms with Crippen molar-refractivity contribution in [2.24, 2.45) is 0 Å². The van der Waals surface area contributed by atoms with Crippen molar-refractivity contribution in [3.05, 3.63) is 216 Å². The molecule has 0 aliphatic heterocycles. The van der Waals surface area contributed by atoms with Crippen molar-refractivity contribution in [1.82, 2.24) is 0 Å². The first-order chi connectivity index (χ1) is 26.3. The van der Waals surface area contributed by atoms with Gasteiger partial charge in [-0.3, -0.25) is 0 Å². The van der Waals surface area contributed by atoms with Gasteiger partial charge in [-0.15, -0.1) is 0 Å². The maximum Gasteiger partial charge on any atom is 0.0725 e. The minimum Gasteiger partial charge on any atom is -0.0619 e. The van der Waals surface area contributed by atoms with Gasteiger partial charge in [-0.1, -0.05) is 182 Å². The topological polar surface area (TPSA) is 0 Å². The lowest BCUT2D eigenvalue weighted by atomic mass is 9.70. The maximum absolute atomic E-state index is 2.53. The molecule has 0 heteroatoms. The van der Waals surface area contributed by atoms with Crippen molar-refractivity contribution in [3.63, 3.8) is 0 Å². The van der Waals surface area contributed by atoms with E-state index in [-0.39, 0.29) is 5.41 Å². The SMILES string of the molecule is c1ccc2c(c1)-c1ccccc1C21c2ccccc2-c2ccc(-c3c4ccccc4c(-c4ccc5ccc6ccccc6c5c4)c4ccccc34)cc21. The van der Waals surface area contributed by atoms with Crippen molar-refractivity contribution in [1.29, 1.82) is 0 Å². The molecule has 0 aromatic heterocycles. The van der Waals surface area contributed by atoms with Gasteiger partial charge >= 0.3 is 0 Å². The molecule has 0 unspecified atom stereocenters. The highest BCUT2D eigenvalue weighted by molar-refractivity contribution is 6.22. The van der Waals surface area contributed by atoms with E-state index < -0.39 is 0 Å². The smallest absolute Gasteiger partial charge is 0.0619 e. The average Bonchev–Trinajstić information content (AvgIpc) is 3.69. The van der Waals surface area contributed by atoms with Gasteiger partial charge in [0, 0.05) is 0 Å². The highest BCUT2D eigenvalue weighted by Crippen LogP contribution is 2.63. The van der Waals surface area contributed by atoms with Crippen LogP contribution in [0.1, 0.15) is 22.3 Å². The van der Waals surface area contributed by atoms with Crippen LogP contribution < -0.4 is 0 Å². The largest absolute Gasteiger partial charge is 0.0725 e. The first kappa shape index (κ1) is 28.9. The Kier molecular flexibility index (Phi) is 5.80. The van der Waals surface area contributed by atoms with Gasteiger partial charge in [-0.05, 0) is 122 Å². The van der Waals surface area contributed by atoms with Crippen LogP contribution in [0, 0.1) is 0 Å². The van der Waals surface area contributed by atoms with Crippen LogP contribution in [-0.2, 0) is 5.41 Å². The van der Waals surface area contributed by atoms with Gasteiger partial charge in [0.05, 0.1) is 5.41 Å². The van der Waals surface area contributed by atoms with Crippen LogP contribution in [0.25, 0.3) is 87.6 Å². The molecule has 0 saturated heterocycles. The van der Waals surface area contributed by atoms with Gasteiger partial charge in [0.15, 0.2) is 0 Å². The average molecular weight is 669 g/mol. The molecule has 0 saturated carbocycles. The lowest BCUT2D eigenvalue weighted by Gasteiger charge is -2.30. The highest BCUT2D eigenvalue weighted by atomic mass is 14.5. The zero-order valence-electron chi connectivity index (χ0n) is 29.0. The van der Waals surface area contributed by atoms with E-state index in [0.717, 1.165) is 0 Å². The summed E-state index contributed by atoms with van der Waals surface area (Å²) in [6, 6.07) is 72.9. The monoisotopic (exact) mass is 668 g/mol. The Hall–Kier alpha value is -6.76. The third-order valence-electron chi connectivity index (χ3n) is 12.3. The standard InChI is InChI=1S/C53H32/c1-2-14-37-33(13-1)25-26-34-27-28-35(31-46(34)37)51-42-18-3-5-20-44(42)52(45-21-6-4-19-43(45)51)36-29-30-41-40-17-9-12-24-49(40)53(50(41)32-36)47-22-10-7-15-38(47)39-16-8-11-23-48(39)53/h1-32H. The fourth-order valence-corrected chi connectivity index (χ4v) is 10.2. The molecule has 0 amide bonds. The summed E-state index contributed by atoms with van der Waals surface area (Å²) in [4.78, 5) is 0. The molecule has 2 aliphatic rings. The van der Waals surface area contributed by atoms with Crippen LogP contribution in [0.5, 0.6) is 0 Å². The number of benzene rings is 10. The van der Waals surface area contributed by atoms with Gasteiger partial charge in [0.1, 0.15) is 0 Å².